The van der Waals surface area contributed by atoms with Crippen LogP contribution in [0.4, 0.5) is 5.69 Å². The highest BCUT2D eigenvalue weighted by molar-refractivity contribution is 5.94. The molecular formula is C14H18N4O. The van der Waals surface area contributed by atoms with Gasteiger partial charge in [0.1, 0.15) is 0 Å². The third-order valence-corrected chi connectivity index (χ3v) is 3.52. The number of hydrogen-bond donors (Lipinski definition) is 3. The van der Waals surface area contributed by atoms with Crippen LogP contribution in [0.5, 0.6) is 0 Å². The van der Waals surface area contributed by atoms with Crippen molar-refractivity contribution in [3.63, 3.8) is 0 Å². The molecule has 0 radical (unpaired) electrons. The summed E-state index contributed by atoms with van der Waals surface area (Å²) in [5, 5.41) is 6.04. The number of para-hydroxylation sites is 1. The molecule has 1 atom stereocenters. The van der Waals surface area contributed by atoms with Crippen LogP contribution < -0.4 is 16.4 Å². The topological polar surface area (TPSA) is 79.5 Å². The van der Waals surface area contributed by atoms with E-state index in [1.54, 1.807) is 0 Å². The average Bonchev–Trinajstić information content (AvgIpc) is 3.19. The summed E-state index contributed by atoms with van der Waals surface area (Å²) in [6.45, 7) is 0.552. The van der Waals surface area contributed by atoms with Gasteiger partial charge in [-0.3, -0.25) is 9.79 Å². The highest BCUT2D eigenvalue weighted by Gasteiger charge is 2.25. The summed E-state index contributed by atoms with van der Waals surface area (Å²) in [6.07, 6.45) is 2.81. The molecule has 1 aliphatic carbocycles. The van der Waals surface area contributed by atoms with E-state index in [9.17, 15) is 4.79 Å². The third kappa shape index (κ3) is 2.86. The van der Waals surface area contributed by atoms with Crippen LogP contribution in [0.2, 0.25) is 0 Å². The molecular weight excluding hydrogens is 240 g/mol. The van der Waals surface area contributed by atoms with Gasteiger partial charge in [0.05, 0.1) is 6.54 Å². The molecule has 100 valence electrons. The second-order valence-electron chi connectivity index (χ2n) is 5.18. The van der Waals surface area contributed by atoms with Crippen LogP contribution in [-0.4, -0.2) is 24.5 Å². The maximum atomic E-state index is 11.7. The van der Waals surface area contributed by atoms with Gasteiger partial charge in [0.2, 0.25) is 5.91 Å². The Morgan fingerprint density at radius 3 is 3.00 bits per heavy atom. The molecule has 1 heterocycles. The zero-order chi connectivity index (χ0) is 13.2. The van der Waals surface area contributed by atoms with Crippen molar-refractivity contribution >= 4 is 17.6 Å². The number of nitrogens with zero attached hydrogens (tertiary/aromatic N) is 1. The van der Waals surface area contributed by atoms with Crippen molar-refractivity contribution in [2.75, 3.05) is 11.9 Å². The van der Waals surface area contributed by atoms with Gasteiger partial charge < -0.3 is 16.4 Å². The van der Waals surface area contributed by atoms with Crippen LogP contribution in [0.3, 0.4) is 0 Å². The average molecular weight is 258 g/mol. The molecule has 1 fully saturated rings. The maximum Gasteiger partial charge on any atom is 0.225 e. The van der Waals surface area contributed by atoms with Crippen molar-refractivity contribution in [3.05, 3.63) is 29.8 Å². The fourth-order valence-corrected chi connectivity index (χ4v) is 2.36. The number of nitrogens with one attached hydrogen (secondary N) is 2. The van der Waals surface area contributed by atoms with Gasteiger partial charge in [-0.25, -0.2) is 0 Å². The fourth-order valence-electron chi connectivity index (χ4n) is 2.36. The Labute approximate surface area is 112 Å². The van der Waals surface area contributed by atoms with E-state index >= 15 is 0 Å². The number of nitrogens with two attached hydrogens (primary N) is 1. The number of anilines is 1. The van der Waals surface area contributed by atoms with E-state index in [1.165, 1.54) is 12.8 Å². The molecule has 0 saturated heterocycles. The summed E-state index contributed by atoms with van der Waals surface area (Å²) in [4.78, 5) is 16.0. The molecule has 5 heteroatoms. The molecule has 0 spiro atoms. The second-order valence-corrected chi connectivity index (χ2v) is 5.18. The predicted molar refractivity (Wildman–Crippen MR) is 75.1 cm³/mol. The summed E-state index contributed by atoms with van der Waals surface area (Å²) < 4.78 is 0. The number of carbonyl (C=O) groups is 1. The van der Waals surface area contributed by atoms with Crippen LogP contribution in [0, 0.1) is 0 Å². The van der Waals surface area contributed by atoms with Gasteiger partial charge in [0.25, 0.3) is 0 Å². The number of hydrogen-bond acceptors (Lipinski definition) is 2. The highest BCUT2D eigenvalue weighted by atomic mass is 16.1. The van der Waals surface area contributed by atoms with Crippen molar-refractivity contribution in [1.29, 1.82) is 0 Å². The smallest absolute Gasteiger partial charge is 0.225 e. The summed E-state index contributed by atoms with van der Waals surface area (Å²) in [6, 6.07) is 8.38. The molecule has 1 unspecified atom stereocenters. The quantitative estimate of drug-likeness (QED) is 0.562. The first-order valence-electron chi connectivity index (χ1n) is 6.67. The van der Waals surface area contributed by atoms with E-state index in [2.05, 4.69) is 15.6 Å². The molecule has 0 bridgehead atoms. The molecule has 1 aliphatic heterocycles. The lowest BCUT2D eigenvalue weighted by molar-refractivity contribution is -0.116. The Bertz CT molecular complexity index is 522. The van der Waals surface area contributed by atoms with Crippen LogP contribution in [0.1, 0.15) is 30.7 Å². The third-order valence-electron chi connectivity index (χ3n) is 3.52. The molecule has 19 heavy (non-hydrogen) atoms. The van der Waals surface area contributed by atoms with Gasteiger partial charge in [-0.2, -0.15) is 0 Å². The fraction of sp³-hybridized carbons (Fsp3) is 0.429. The lowest BCUT2D eigenvalue weighted by Crippen LogP contribution is -2.34. The molecule has 5 nitrogen and oxygen atoms in total. The molecule has 4 N–H and O–H groups in total. The number of fused-ring (bicyclic) bond motifs is 1. The molecule has 1 saturated carbocycles. The van der Waals surface area contributed by atoms with Crippen molar-refractivity contribution in [2.45, 2.75) is 31.2 Å². The summed E-state index contributed by atoms with van der Waals surface area (Å²) in [7, 11) is 0. The minimum Gasteiger partial charge on any atom is -0.370 e. The van der Waals surface area contributed by atoms with Gasteiger partial charge in [0.15, 0.2) is 5.96 Å². The molecule has 1 aromatic carbocycles. The minimum atomic E-state index is 0.0487. The molecule has 2 aliphatic rings. The summed E-state index contributed by atoms with van der Waals surface area (Å²) in [5.41, 5.74) is 7.86. The van der Waals surface area contributed by atoms with E-state index in [-0.39, 0.29) is 11.8 Å². The van der Waals surface area contributed by atoms with Crippen molar-refractivity contribution in [2.24, 2.45) is 10.7 Å². The van der Waals surface area contributed by atoms with E-state index in [0.29, 0.717) is 25.0 Å². The maximum absolute atomic E-state index is 11.7. The molecule has 1 aromatic rings. The lowest BCUT2D eigenvalue weighted by atomic mass is 9.91. The van der Waals surface area contributed by atoms with Crippen LogP contribution in [-0.2, 0) is 4.79 Å². The Balaban J connectivity index is 1.71. The van der Waals surface area contributed by atoms with Gasteiger partial charge in [0, 0.05) is 24.1 Å². The number of amides is 1. The van der Waals surface area contributed by atoms with E-state index in [0.717, 1.165) is 11.3 Å². The zero-order valence-electron chi connectivity index (χ0n) is 10.7. The summed E-state index contributed by atoms with van der Waals surface area (Å²) in [5.74, 6) is 0.656. The Morgan fingerprint density at radius 2 is 2.21 bits per heavy atom. The number of aliphatic imine (C=N–C) groups is 1. The van der Waals surface area contributed by atoms with Gasteiger partial charge in [-0.1, -0.05) is 18.2 Å². The van der Waals surface area contributed by atoms with Crippen LogP contribution in [0.15, 0.2) is 29.3 Å². The largest absolute Gasteiger partial charge is 0.370 e. The van der Waals surface area contributed by atoms with E-state index < -0.39 is 0 Å². The first-order chi connectivity index (χ1) is 9.22. The number of carbonyl (C=O) groups excluding carboxylic acids is 1. The normalized spacial score (nSPS) is 22.6. The van der Waals surface area contributed by atoms with Crippen LogP contribution in [0.25, 0.3) is 0 Å². The first kappa shape index (κ1) is 12.0. The standard InChI is InChI=1S/C14H18N4O/c15-14(17-10-5-6-10)16-8-9-7-13(19)18-12-4-2-1-3-11(9)12/h1-4,9-10H,5-8H2,(H,18,19)(H3,15,16,17). The summed E-state index contributed by atoms with van der Waals surface area (Å²) >= 11 is 0. The van der Waals surface area contributed by atoms with Gasteiger partial charge in [-0.05, 0) is 24.5 Å². The van der Waals surface area contributed by atoms with E-state index in [4.69, 9.17) is 5.73 Å². The molecule has 1 amide bonds. The number of guanidine groups is 1. The lowest BCUT2D eigenvalue weighted by Gasteiger charge is -2.24. The highest BCUT2D eigenvalue weighted by Crippen LogP contribution is 2.31. The Morgan fingerprint density at radius 1 is 1.42 bits per heavy atom. The van der Waals surface area contributed by atoms with Crippen molar-refractivity contribution in [3.8, 4) is 0 Å². The first-order valence-corrected chi connectivity index (χ1v) is 6.67. The van der Waals surface area contributed by atoms with Gasteiger partial charge in [-0.15, -0.1) is 0 Å². The molecule has 0 aromatic heterocycles. The number of rotatable bonds is 3. The van der Waals surface area contributed by atoms with E-state index in [1.807, 2.05) is 24.3 Å². The second kappa shape index (κ2) is 4.91. The zero-order valence-corrected chi connectivity index (χ0v) is 10.7. The number of benzene rings is 1. The molecule has 3 rings (SSSR count). The monoisotopic (exact) mass is 258 g/mol. The van der Waals surface area contributed by atoms with Crippen molar-refractivity contribution < 1.29 is 4.79 Å². The SMILES string of the molecule is NC(=NCC1CC(=O)Nc2ccccc21)NC1CC1. The minimum absolute atomic E-state index is 0.0487. The predicted octanol–water partition coefficient (Wildman–Crippen LogP) is 1.18. The van der Waals surface area contributed by atoms with Crippen LogP contribution >= 0.6 is 0 Å². The van der Waals surface area contributed by atoms with Gasteiger partial charge >= 0.3 is 0 Å². The van der Waals surface area contributed by atoms with Crippen molar-refractivity contribution in [1.82, 2.24) is 5.32 Å². The Hall–Kier alpha value is -2.04. The Kier molecular flexibility index (Phi) is 3.11.